The SMILES string of the molecule is Cc1nc(C(F)(F)F)nn1C[C@H]1CC[C@H](NC(=O)c2cc(C(F)(F)F)ccc2Cl)CC1. The molecule has 0 saturated heterocycles. The largest absolute Gasteiger partial charge is 0.453 e. The van der Waals surface area contributed by atoms with Crippen LogP contribution in [0.1, 0.15) is 53.3 Å². The van der Waals surface area contributed by atoms with E-state index in [9.17, 15) is 31.1 Å². The van der Waals surface area contributed by atoms with Gasteiger partial charge >= 0.3 is 12.4 Å². The number of carbonyl (C=O) groups is 1. The lowest BCUT2D eigenvalue weighted by Crippen LogP contribution is -2.38. The third-order valence-electron chi connectivity index (χ3n) is 5.26. The van der Waals surface area contributed by atoms with Gasteiger partial charge in [-0.05, 0) is 56.7 Å². The van der Waals surface area contributed by atoms with Gasteiger partial charge in [0.1, 0.15) is 5.82 Å². The second kappa shape index (κ2) is 8.68. The summed E-state index contributed by atoms with van der Waals surface area (Å²) >= 11 is 5.90. The second-order valence-corrected chi connectivity index (χ2v) is 7.95. The van der Waals surface area contributed by atoms with Crippen molar-refractivity contribution in [2.24, 2.45) is 5.92 Å². The molecule has 1 fully saturated rings. The van der Waals surface area contributed by atoms with Crippen molar-refractivity contribution in [3.8, 4) is 0 Å². The highest BCUT2D eigenvalue weighted by molar-refractivity contribution is 6.33. The van der Waals surface area contributed by atoms with Crippen LogP contribution >= 0.6 is 11.6 Å². The highest BCUT2D eigenvalue weighted by Gasteiger charge is 2.37. The van der Waals surface area contributed by atoms with Gasteiger partial charge in [0.2, 0.25) is 0 Å². The number of rotatable bonds is 4. The fraction of sp³-hybridized carbons (Fsp3) is 0.526. The van der Waals surface area contributed by atoms with Gasteiger partial charge in [0, 0.05) is 12.6 Å². The summed E-state index contributed by atoms with van der Waals surface area (Å²) in [5.41, 5.74) is -1.22. The minimum absolute atomic E-state index is 0.0479. The molecule has 0 spiro atoms. The Labute approximate surface area is 178 Å². The molecule has 3 rings (SSSR count). The maximum Gasteiger partial charge on any atom is 0.453 e. The van der Waals surface area contributed by atoms with E-state index in [0.717, 1.165) is 18.2 Å². The highest BCUT2D eigenvalue weighted by atomic mass is 35.5. The quantitative estimate of drug-likeness (QED) is 0.622. The fourth-order valence-corrected chi connectivity index (χ4v) is 3.79. The predicted octanol–water partition coefficient (Wildman–Crippen LogP) is 5.27. The number of nitrogens with one attached hydrogen (secondary N) is 1. The molecule has 0 unspecified atom stereocenters. The molecule has 1 aliphatic rings. The summed E-state index contributed by atoms with van der Waals surface area (Å²) in [6.07, 6.45) is -6.91. The number of halogens is 7. The van der Waals surface area contributed by atoms with Crippen LogP contribution in [0.5, 0.6) is 0 Å². The molecule has 1 saturated carbocycles. The maximum absolute atomic E-state index is 12.9. The molecule has 0 radical (unpaired) electrons. The molecule has 170 valence electrons. The Morgan fingerprint density at radius 1 is 1.13 bits per heavy atom. The summed E-state index contributed by atoms with van der Waals surface area (Å²) in [6, 6.07) is 2.29. The third-order valence-corrected chi connectivity index (χ3v) is 5.59. The molecule has 0 aliphatic heterocycles. The highest BCUT2D eigenvalue weighted by Crippen LogP contribution is 2.32. The Morgan fingerprint density at radius 2 is 1.77 bits per heavy atom. The topological polar surface area (TPSA) is 59.8 Å². The second-order valence-electron chi connectivity index (χ2n) is 7.55. The van der Waals surface area contributed by atoms with Crippen molar-refractivity contribution in [2.75, 3.05) is 0 Å². The third kappa shape index (κ3) is 5.69. The fourth-order valence-electron chi connectivity index (χ4n) is 3.59. The average molecular weight is 469 g/mol. The van der Waals surface area contributed by atoms with Crippen molar-refractivity contribution in [1.29, 1.82) is 0 Å². The number of amides is 1. The number of alkyl halides is 6. The van der Waals surface area contributed by atoms with Crippen molar-refractivity contribution in [2.45, 2.75) is 57.5 Å². The summed E-state index contributed by atoms with van der Waals surface area (Å²) in [5.74, 6) is -1.65. The van der Waals surface area contributed by atoms with Crippen LogP contribution in [0.25, 0.3) is 0 Å². The van der Waals surface area contributed by atoms with Crippen LogP contribution in [-0.4, -0.2) is 26.7 Å². The Hall–Kier alpha value is -2.30. The van der Waals surface area contributed by atoms with Crippen LogP contribution in [0, 0.1) is 12.8 Å². The van der Waals surface area contributed by atoms with E-state index < -0.39 is 29.6 Å². The number of hydrogen-bond acceptors (Lipinski definition) is 3. The van der Waals surface area contributed by atoms with Crippen LogP contribution in [0.2, 0.25) is 5.02 Å². The molecule has 5 nitrogen and oxygen atoms in total. The summed E-state index contributed by atoms with van der Waals surface area (Å²) in [6.45, 7) is 1.72. The molecule has 12 heteroatoms. The van der Waals surface area contributed by atoms with Crippen molar-refractivity contribution in [1.82, 2.24) is 20.1 Å². The molecule has 31 heavy (non-hydrogen) atoms. The van der Waals surface area contributed by atoms with Crippen molar-refractivity contribution < 1.29 is 31.1 Å². The first-order chi connectivity index (χ1) is 14.3. The lowest BCUT2D eigenvalue weighted by atomic mass is 9.86. The van der Waals surface area contributed by atoms with E-state index in [1.807, 2.05) is 0 Å². The monoisotopic (exact) mass is 468 g/mol. The number of aromatic nitrogens is 3. The van der Waals surface area contributed by atoms with E-state index in [1.165, 1.54) is 11.6 Å². The Balaban J connectivity index is 1.57. The Morgan fingerprint density at radius 3 is 2.32 bits per heavy atom. The van der Waals surface area contributed by atoms with E-state index in [4.69, 9.17) is 11.6 Å². The average Bonchev–Trinajstić information content (AvgIpc) is 3.03. The van der Waals surface area contributed by atoms with Gasteiger partial charge in [-0.15, -0.1) is 5.10 Å². The number of carbonyl (C=O) groups excluding carboxylic acids is 1. The van der Waals surface area contributed by atoms with Gasteiger partial charge in [0.25, 0.3) is 11.7 Å². The zero-order valence-electron chi connectivity index (χ0n) is 16.3. The molecule has 1 heterocycles. The van der Waals surface area contributed by atoms with E-state index in [0.29, 0.717) is 25.7 Å². The standard InChI is InChI=1S/C19H19ClF6N4O/c1-10-27-17(19(24,25)26)29-30(10)9-11-2-5-13(6-3-11)28-16(31)14-8-12(18(21,22)23)4-7-15(14)20/h4,7-8,11,13H,2-3,5-6,9H2,1H3,(H,28,31)/t11-,13-. The number of benzene rings is 1. The van der Waals surface area contributed by atoms with Gasteiger partial charge in [-0.1, -0.05) is 11.6 Å². The molecule has 2 aromatic rings. The van der Waals surface area contributed by atoms with Gasteiger partial charge < -0.3 is 5.32 Å². The Bertz CT molecular complexity index is 948. The number of aryl methyl sites for hydroxylation is 1. The molecular weight excluding hydrogens is 450 g/mol. The maximum atomic E-state index is 12.9. The van der Waals surface area contributed by atoms with Crippen molar-refractivity contribution in [3.63, 3.8) is 0 Å². The van der Waals surface area contributed by atoms with Crippen molar-refractivity contribution in [3.05, 3.63) is 46.0 Å². The van der Waals surface area contributed by atoms with E-state index >= 15 is 0 Å². The lowest BCUT2D eigenvalue weighted by Gasteiger charge is -2.29. The van der Waals surface area contributed by atoms with Crippen LogP contribution in [-0.2, 0) is 18.9 Å². The summed E-state index contributed by atoms with van der Waals surface area (Å²) < 4.78 is 78.1. The molecular formula is C19H19ClF6N4O. The van der Waals surface area contributed by atoms with Gasteiger partial charge in [-0.2, -0.15) is 26.3 Å². The normalized spacial score (nSPS) is 20.0. The van der Waals surface area contributed by atoms with Gasteiger partial charge in [0.15, 0.2) is 0 Å². The van der Waals surface area contributed by atoms with Gasteiger partial charge in [0.05, 0.1) is 16.1 Å². The lowest BCUT2D eigenvalue weighted by molar-refractivity contribution is -0.145. The van der Waals surface area contributed by atoms with E-state index in [1.54, 1.807) is 0 Å². The van der Waals surface area contributed by atoms with Crippen LogP contribution in [0.4, 0.5) is 26.3 Å². The van der Waals surface area contributed by atoms with E-state index in [2.05, 4.69) is 15.4 Å². The zero-order valence-corrected chi connectivity index (χ0v) is 17.1. The minimum atomic E-state index is -4.61. The smallest absolute Gasteiger partial charge is 0.349 e. The van der Waals surface area contributed by atoms with Crippen LogP contribution < -0.4 is 5.32 Å². The first-order valence-corrected chi connectivity index (χ1v) is 9.88. The van der Waals surface area contributed by atoms with Gasteiger partial charge in [-0.25, -0.2) is 9.67 Å². The molecule has 1 amide bonds. The molecule has 1 aromatic carbocycles. The molecule has 0 atom stereocenters. The zero-order chi connectivity index (χ0) is 23.0. The summed E-state index contributed by atoms with van der Waals surface area (Å²) in [5, 5.41) is 6.14. The van der Waals surface area contributed by atoms with Crippen LogP contribution in [0.15, 0.2) is 18.2 Å². The molecule has 1 aliphatic carbocycles. The number of nitrogens with zero attached hydrogens (tertiary/aromatic N) is 3. The Kier molecular flexibility index (Phi) is 6.54. The first-order valence-electron chi connectivity index (χ1n) is 9.51. The first kappa shape index (κ1) is 23.4. The molecule has 1 N–H and O–H groups in total. The van der Waals surface area contributed by atoms with E-state index in [-0.39, 0.29) is 34.9 Å². The molecule has 1 aromatic heterocycles. The summed E-state index contributed by atoms with van der Waals surface area (Å²) in [7, 11) is 0. The molecule has 0 bridgehead atoms. The van der Waals surface area contributed by atoms with Crippen LogP contribution in [0.3, 0.4) is 0 Å². The number of hydrogen-bond donors (Lipinski definition) is 1. The predicted molar refractivity (Wildman–Crippen MR) is 99.4 cm³/mol. The minimum Gasteiger partial charge on any atom is -0.349 e. The van der Waals surface area contributed by atoms with Crippen molar-refractivity contribution >= 4 is 17.5 Å². The van der Waals surface area contributed by atoms with Gasteiger partial charge in [-0.3, -0.25) is 4.79 Å². The summed E-state index contributed by atoms with van der Waals surface area (Å²) in [4.78, 5) is 15.9.